The molecule has 0 aliphatic carbocycles. The molecule has 1 atom stereocenters. The van der Waals surface area contributed by atoms with Gasteiger partial charge in [-0.15, -0.1) is 0 Å². The molecule has 2 nitrogen and oxygen atoms in total. The predicted octanol–water partition coefficient (Wildman–Crippen LogP) is 0.476. The zero-order valence-corrected chi connectivity index (χ0v) is 4.42. The summed E-state index contributed by atoms with van der Waals surface area (Å²) in [6.45, 7) is 3.62. The summed E-state index contributed by atoms with van der Waals surface area (Å²) in [4.78, 5) is 4.01. The van der Waals surface area contributed by atoms with E-state index in [2.05, 4.69) is 4.99 Å². The number of ether oxygens (including phenoxy) is 1. The lowest BCUT2D eigenvalue weighted by Crippen LogP contribution is -2.17. The Balaban J connectivity index is 2.36. The van der Waals surface area contributed by atoms with E-state index in [9.17, 15) is 0 Å². The molecule has 0 aromatic rings. The summed E-state index contributed by atoms with van der Waals surface area (Å²) in [5, 5.41) is 0. The Morgan fingerprint density at radius 1 is 1.86 bits per heavy atom. The molecule has 0 aromatic heterocycles. The van der Waals surface area contributed by atoms with Crippen LogP contribution in [-0.2, 0) is 4.74 Å². The molecule has 0 radical (unpaired) electrons. The smallest absolute Gasteiger partial charge is 0.0894 e. The number of rotatable bonds is 0. The minimum absolute atomic E-state index is 0.244. The van der Waals surface area contributed by atoms with E-state index in [1.54, 1.807) is 0 Å². The third kappa shape index (κ3) is 1.27. The van der Waals surface area contributed by atoms with Crippen LogP contribution in [-0.4, -0.2) is 25.5 Å². The number of nitrogens with zero attached hydrogens (tertiary/aromatic N) is 1. The summed E-state index contributed by atoms with van der Waals surface area (Å²) in [6.07, 6.45) is 2.08. The van der Waals surface area contributed by atoms with Gasteiger partial charge < -0.3 is 4.74 Å². The average molecular weight is 99.1 g/mol. The van der Waals surface area contributed by atoms with Gasteiger partial charge in [-0.3, -0.25) is 4.99 Å². The van der Waals surface area contributed by atoms with Crippen LogP contribution in [0.1, 0.15) is 6.92 Å². The molecule has 40 valence electrons. The Labute approximate surface area is 43.2 Å². The molecule has 0 bridgehead atoms. The van der Waals surface area contributed by atoms with Crippen LogP contribution in [0.4, 0.5) is 0 Å². The van der Waals surface area contributed by atoms with Crippen molar-refractivity contribution < 1.29 is 4.74 Å². The number of hydrogen-bond donors (Lipinski definition) is 0. The predicted molar refractivity (Wildman–Crippen MR) is 28.8 cm³/mol. The summed E-state index contributed by atoms with van der Waals surface area (Å²) in [7, 11) is 0. The number of hydrogen-bond acceptors (Lipinski definition) is 2. The van der Waals surface area contributed by atoms with Gasteiger partial charge in [-0.25, -0.2) is 0 Å². The van der Waals surface area contributed by atoms with Gasteiger partial charge in [0.05, 0.1) is 19.3 Å². The minimum Gasteiger partial charge on any atom is -0.371 e. The van der Waals surface area contributed by atoms with Crippen molar-refractivity contribution in [3.8, 4) is 0 Å². The largest absolute Gasteiger partial charge is 0.371 e. The number of aliphatic imine (C=N–C) groups is 1. The Morgan fingerprint density at radius 2 is 2.71 bits per heavy atom. The van der Waals surface area contributed by atoms with Crippen LogP contribution >= 0.6 is 0 Å². The normalized spacial score (nSPS) is 30.7. The van der Waals surface area contributed by atoms with E-state index < -0.39 is 0 Å². The van der Waals surface area contributed by atoms with Crippen molar-refractivity contribution in [1.82, 2.24) is 0 Å². The zero-order valence-electron chi connectivity index (χ0n) is 4.42. The third-order valence-corrected chi connectivity index (χ3v) is 0.916. The van der Waals surface area contributed by atoms with E-state index in [0.29, 0.717) is 0 Å². The summed E-state index contributed by atoms with van der Waals surface area (Å²) >= 11 is 0. The van der Waals surface area contributed by atoms with Crippen LogP contribution in [0.5, 0.6) is 0 Å². The van der Waals surface area contributed by atoms with E-state index in [1.165, 1.54) is 0 Å². The van der Waals surface area contributed by atoms with Gasteiger partial charge in [0.1, 0.15) is 0 Å². The molecule has 7 heavy (non-hydrogen) atoms. The lowest BCUT2D eigenvalue weighted by Gasteiger charge is -2.10. The Hall–Kier alpha value is -0.370. The van der Waals surface area contributed by atoms with Crippen LogP contribution < -0.4 is 0 Å². The maximum absolute atomic E-state index is 5.13. The van der Waals surface area contributed by atoms with Gasteiger partial charge in [0, 0.05) is 6.21 Å². The second-order valence-corrected chi connectivity index (χ2v) is 1.63. The zero-order chi connectivity index (χ0) is 5.11. The third-order valence-electron chi connectivity index (χ3n) is 0.916. The summed E-state index contributed by atoms with van der Waals surface area (Å²) in [5.74, 6) is 0. The van der Waals surface area contributed by atoms with E-state index in [4.69, 9.17) is 4.74 Å². The van der Waals surface area contributed by atoms with Gasteiger partial charge in [0.15, 0.2) is 0 Å². The van der Waals surface area contributed by atoms with Crippen molar-refractivity contribution in [1.29, 1.82) is 0 Å². The Bertz CT molecular complexity index is 80.1. The van der Waals surface area contributed by atoms with E-state index in [-0.39, 0.29) is 6.10 Å². The molecule has 0 saturated carbocycles. The monoisotopic (exact) mass is 99.1 g/mol. The lowest BCUT2D eigenvalue weighted by molar-refractivity contribution is 0.111. The molecule has 0 aromatic carbocycles. The van der Waals surface area contributed by atoms with Crippen LogP contribution in [0, 0.1) is 0 Å². The van der Waals surface area contributed by atoms with Crippen molar-refractivity contribution in [3.63, 3.8) is 0 Å². The molecule has 1 aliphatic rings. The van der Waals surface area contributed by atoms with Gasteiger partial charge in [-0.1, -0.05) is 0 Å². The highest BCUT2D eigenvalue weighted by atomic mass is 16.5. The van der Waals surface area contributed by atoms with Gasteiger partial charge in [0.2, 0.25) is 0 Å². The van der Waals surface area contributed by atoms with Gasteiger partial charge in [-0.2, -0.15) is 0 Å². The molecule has 0 N–H and O–H groups in total. The standard InChI is InChI=1S/C5H9NO/c1-5-4-6-2-3-7-5/h4-5H,2-3H2,1H3. The first kappa shape index (κ1) is 4.78. The molecule has 1 heterocycles. The SMILES string of the molecule is CC1C=NCCO1. The van der Waals surface area contributed by atoms with Crippen LogP contribution in [0.15, 0.2) is 4.99 Å². The maximum Gasteiger partial charge on any atom is 0.0894 e. The summed E-state index contributed by atoms with van der Waals surface area (Å²) < 4.78 is 5.13. The quantitative estimate of drug-likeness (QED) is 0.432. The fourth-order valence-electron chi connectivity index (χ4n) is 0.557. The molecule has 0 amide bonds. The summed E-state index contributed by atoms with van der Waals surface area (Å²) in [5.41, 5.74) is 0. The van der Waals surface area contributed by atoms with Gasteiger partial charge in [0.25, 0.3) is 0 Å². The topological polar surface area (TPSA) is 21.6 Å². The van der Waals surface area contributed by atoms with Crippen molar-refractivity contribution in [2.75, 3.05) is 13.2 Å². The molecule has 1 rings (SSSR count). The molecule has 1 aliphatic heterocycles. The van der Waals surface area contributed by atoms with Gasteiger partial charge >= 0.3 is 0 Å². The first-order valence-electron chi connectivity index (χ1n) is 2.51. The van der Waals surface area contributed by atoms with Crippen molar-refractivity contribution >= 4 is 6.21 Å². The molecule has 2 heteroatoms. The lowest BCUT2D eigenvalue weighted by atomic mass is 10.4. The second-order valence-electron chi connectivity index (χ2n) is 1.63. The maximum atomic E-state index is 5.13. The van der Waals surface area contributed by atoms with E-state index in [0.717, 1.165) is 13.2 Å². The fourth-order valence-corrected chi connectivity index (χ4v) is 0.557. The second kappa shape index (κ2) is 2.07. The van der Waals surface area contributed by atoms with Crippen LogP contribution in [0.25, 0.3) is 0 Å². The molecule has 0 saturated heterocycles. The summed E-state index contributed by atoms with van der Waals surface area (Å²) in [6, 6.07) is 0. The molecule has 0 fully saturated rings. The minimum atomic E-state index is 0.244. The van der Waals surface area contributed by atoms with Crippen molar-refractivity contribution in [2.24, 2.45) is 4.99 Å². The van der Waals surface area contributed by atoms with E-state index in [1.807, 2.05) is 13.1 Å². The van der Waals surface area contributed by atoms with Crippen molar-refractivity contribution in [3.05, 3.63) is 0 Å². The van der Waals surface area contributed by atoms with Crippen LogP contribution in [0.2, 0.25) is 0 Å². The van der Waals surface area contributed by atoms with Crippen LogP contribution in [0.3, 0.4) is 0 Å². The first-order chi connectivity index (χ1) is 3.39. The molecular weight excluding hydrogens is 90.1 g/mol. The first-order valence-corrected chi connectivity index (χ1v) is 2.51. The highest BCUT2D eigenvalue weighted by Crippen LogP contribution is 1.91. The Morgan fingerprint density at radius 3 is 3.00 bits per heavy atom. The Kier molecular flexibility index (Phi) is 1.42. The van der Waals surface area contributed by atoms with Gasteiger partial charge in [-0.05, 0) is 6.92 Å². The fraction of sp³-hybridized carbons (Fsp3) is 0.800. The highest BCUT2D eigenvalue weighted by molar-refractivity contribution is 5.62. The average Bonchev–Trinajstić information content (AvgIpc) is 1.69. The van der Waals surface area contributed by atoms with E-state index >= 15 is 0 Å². The van der Waals surface area contributed by atoms with Crippen molar-refractivity contribution in [2.45, 2.75) is 13.0 Å². The molecular formula is C5H9NO. The highest BCUT2D eigenvalue weighted by Gasteiger charge is 1.99. The molecule has 0 spiro atoms. The molecule has 1 unspecified atom stereocenters.